The van der Waals surface area contributed by atoms with Gasteiger partial charge in [-0.25, -0.2) is 15.0 Å². The van der Waals surface area contributed by atoms with E-state index in [4.69, 9.17) is 15.0 Å². The van der Waals surface area contributed by atoms with Crippen LogP contribution in [-0.4, -0.2) is 15.0 Å². The first-order chi connectivity index (χ1) is 24.3. The molecule has 4 heteroatoms. The van der Waals surface area contributed by atoms with Gasteiger partial charge in [-0.15, -0.1) is 11.3 Å². The van der Waals surface area contributed by atoms with Gasteiger partial charge in [0.25, 0.3) is 0 Å². The molecular formula is C45H29N3S. The lowest BCUT2D eigenvalue weighted by atomic mass is 9.99. The minimum atomic E-state index is 0.638. The summed E-state index contributed by atoms with van der Waals surface area (Å²) in [5, 5.41) is 2.60. The van der Waals surface area contributed by atoms with Crippen molar-refractivity contribution in [3.05, 3.63) is 176 Å². The molecule has 0 saturated heterocycles. The number of fused-ring (bicyclic) bond motifs is 3. The monoisotopic (exact) mass is 643 g/mol. The van der Waals surface area contributed by atoms with Crippen molar-refractivity contribution in [2.24, 2.45) is 0 Å². The van der Waals surface area contributed by atoms with E-state index >= 15 is 0 Å². The van der Waals surface area contributed by atoms with Crippen LogP contribution in [0.2, 0.25) is 0 Å². The van der Waals surface area contributed by atoms with E-state index in [0.29, 0.717) is 17.5 Å². The summed E-state index contributed by atoms with van der Waals surface area (Å²) in [5.74, 6) is 1.92. The average molecular weight is 644 g/mol. The molecule has 3 nitrogen and oxygen atoms in total. The SMILES string of the molecule is c1ccc(-c2ccc(-c3nc(-c4cccc(-c5ccc6c(c5)sc5ccccc56)c4)nc(-c4ccccc4-c4ccccc4)n3)cc2)cc1. The first kappa shape index (κ1) is 29.0. The number of aromatic nitrogens is 3. The Hall–Kier alpha value is -6.23. The van der Waals surface area contributed by atoms with Crippen LogP contribution in [0.1, 0.15) is 0 Å². The maximum absolute atomic E-state index is 5.14. The maximum Gasteiger partial charge on any atom is 0.164 e. The lowest BCUT2D eigenvalue weighted by molar-refractivity contribution is 1.07. The van der Waals surface area contributed by atoms with Crippen LogP contribution < -0.4 is 0 Å². The smallest absolute Gasteiger partial charge is 0.164 e. The second-order valence-corrected chi connectivity index (χ2v) is 13.1. The molecule has 0 aliphatic heterocycles. The summed E-state index contributed by atoms with van der Waals surface area (Å²) in [6.07, 6.45) is 0. The third-order valence-corrected chi connectivity index (χ3v) is 10.1. The van der Waals surface area contributed by atoms with Crippen LogP contribution in [0, 0.1) is 0 Å². The van der Waals surface area contributed by atoms with E-state index in [1.54, 1.807) is 0 Å². The highest BCUT2D eigenvalue weighted by Crippen LogP contribution is 2.37. The van der Waals surface area contributed by atoms with Crippen LogP contribution in [0.5, 0.6) is 0 Å². The van der Waals surface area contributed by atoms with Crippen molar-refractivity contribution in [3.63, 3.8) is 0 Å². The topological polar surface area (TPSA) is 38.7 Å². The molecule has 0 fully saturated rings. The van der Waals surface area contributed by atoms with E-state index in [2.05, 4.69) is 158 Å². The van der Waals surface area contributed by atoms with Crippen LogP contribution in [0.15, 0.2) is 176 Å². The maximum atomic E-state index is 5.14. The van der Waals surface area contributed by atoms with Crippen LogP contribution in [0.25, 0.3) is 87.7 Å². The number of nitrogens with zero attached hydrogens (tertiary/aromatic N) is 3. The summed E-state index contributed by atoms with van der Waals surface area (Å²) in [5.41, 5.74) is 9.66. The minimum Gasteiger partial charge on any atom is -0.208 e. The average Bonchev–Trinajstić information content (AvgIpc) is 3.56. The van der Waals surface area contributed by atoms with Gasteiger partial charge in [-0.3, -0.25) is 0 Å². The number of hydrogen-bond donors (Lipinski definition) is 0. The predicted molar refractivity (Wildman–Crippen MR) is 205 cm³/mol. The Labute approximate surface area is 288 Å². The Morgan fingerprint density at radius 3 is 1.59 bits per heavy atom. The van der Waals surface area contributed by atoms with Crippen LogP contribution >= 0.6 is 11.3 Å². The van der Waals surface area contributed by atoms with Gasteiger partial charge in [0.15, 0.2) is 17.5 Å². The first-order valence-corrected chi connectivity index (χ1v) is 17.2. The highest BCUT2D eigenvalue weighted by molar-refractivity contribution is 7.25. The fourth-order valence-corrected chi connectivity index (χ4v) is 7.63. The van der Waals surface area contributed by atoms with Crippen molar-refractivity contribution >= 4 is 31.5 Å². The van der Waals surface area contributed by atoms with Gasteiger partial charge in [-0.2, -0.15) is 0 Å². The molecule has 0 aliphatic rings. The highest BCUT2D eigenvalue weighted by atomic mass is 32.1. The fourth-order valence-electron chi connectivity index (χ4n) is 6.49. The Kier molecular flexibility index (Phi) is 7.34. The third-order valence-electron chi connectivity index (χ3n) is 8.97. The zero-order valence-corrected chi connectivity index (χ0v) is 27.3. The molecule has 9 aromatic rings. The summed E-state index contributed by atoms with van der Waals surface area (Å²) < 4.78 is 2.59. The summed E-state index contributed by atoms with van der Waals surface area (Å²) in [4.78, 5) is 15.3. The molecule has 230 valence electrons. The van der Waals surface area contributed by atoms with E-state index < -0.39 is 0 Å². The molecule has 0 radical (unpaired) electrons. The molecule has 49 heavy (non-hydrogen) atoms. The summed E-state index contributed by atoms with van der Waals surface area (Å²) in [6, 6.07) is 61.6. The molecule has 0 bridgehead atoms. The molecule has 0 spiro atoms. The van der Waals surface area contributed by atoms with E-state index in [9.17, 15) is 0 Å². The number of rotatable bonds is 6. The van der Waals surface area contributed by atoms with Crippen molar-refractivity contribution in [3.8, 4) is 67.5 Å². The van der Waals surface area contributed by atoms with E-state index in [0.717, 1.165) is 38.9 Å². The standard InChI is InChI=1S/C45H29N3S/c1-3-12-30(13-4-1)31-22-24-33(25-23-31)43-46-44(48-45(47-43)40-20-8-7-18-37(40)32-14-5-2-6-15-32)36-17-11-16-34(28-36)35-26-27-39-38-19-9-10-21-41(38)49-42(39)29-35/h1-29H. The number of hydrogen-bond acceptors (Lipinski definition) is 4. The van der Waals surface area contributed by atoms with Crippen molar-refractivity contribution < 1.29 is 0 Å². The molecule has 0 N–H and O–H groups in total. The highest BCUT2D eigenvalue weighted by Gasteiger charge is 2.16. The Balaban J connectivity index is 1.18. The van der Waals surface area contributed by atoms with Gasteiger partial charge in [0, 0.05) is 36.9 Å². The first-order valence-electron chi connectivity index (χ1n) is 16.4. The van der Waals surface area contributed by atoms with Gasteiger partial charge in [0.05, 0.1) is 0 Å². The molecule has 9 rings (SSSR count). The molecule has 0 unspecified atom stereocenters. The van der Waals surface area contributed by atoms with Gasteiger partial charge in [0.2, 0.25) is 0 Å². The quantitative estimate of drug-likeness (QED) is 0.181. The van der Waals surface area contributed by atoms with Crippen LogP contribution in [0.4, 0.5) is 0 Å². The molecule has 0 saturated carbocycles. The molecule has 0 amide bonds. The van der Waals surface area contributed by atoms with Gasteiger partial charge >= 0.3 is 0 Å². The molecule has 7 aromatic carbocycles. The molecular weight excluding hydrogens is 615 g/mol. The van der Waals surface area contributed by atoms with Crippen LogP contribution in [-0.2, 0) is 0 Å². The number of thiophene rings is 1. The zero-order valence-electron chi connectivity index (χ0n) is 26.5. The van der Waals surface area contributed by atoms with Crippen molar-refractivity contribution in [1.82, 2.24) is 15.0 Å². The minimum absolute atomic E-state index is 0.638. The van der Waals surface area contributed by atoms with Gasteiger partial charge in [-0.05, 0) is 51.6 Å². The van der Waals surface area contributed by atoms with E-state index in [1.165, 1.54) is 31.3 Å². The third kappa shape index (κ3) is 5.58. The summed E-state index contributed by atoms with van der Waals surface area (Å²) in [7, 11) is 0. The van der Waals surface area contributed by atoms with E-state index in [-0.39, 0.29) is 0 Å². The van der Waals surface area contributed by atoms with Crippen LogP contribution in [0.3, 0.4) is 0 Å². The fraction of sp³-hybridized carbons (Fsp3) is 0. The summed E-state index contributed by atoms with van der Waals surface area (Å²) >= 11 is 1.84. The summed E-state index contributed by atoms with van der Waals surface area (Å²) in [6.45, 7) is 0. The lowest BCUT2D eigenvalue weighted by Gasteiger charge is -2.13. The molecule has 2 aromatic heterocycles. The number of benzene rings is 7. The van der Waals surface area contributed by atoms with Crippen molar-refractivity contribution in [2.45, 2.75) is 0 Å². The van der Waals surface area contributed by atoms with E-state index in [1.807, 2.05) is 29.5 Å². The predicted octanol–water partition coefficient (Wildman–Crippen LogP) is 12.2. The normalized spacial score (nSPS) is 11.3. The molecule has 0 aliphatic carbocycles. The van der Waals surface area contributed by atoms with Gasteiger partial charge < -0.3 is 0 Å². The Morgan fingerprint density at radius 1 is 0.286 bits per heavy atom. The molecule has 2 heterocycles. The molecule has 0 atom stereocenters. The largest absolute Gasteiger partial charge is 0.208 e. The van der Waals surface area contributed by atoms with Gasteiger partial charge in [-0.1, -0.05) is 158 Å². The van der Waals surface area contributed by atoms with Crippen molar-refractivity contribution in [1.29, 1.82) is 0 Å². The lowest BCUT2D eigenvalue weighted by Crippen LogP contribution is -2.01. The zero-order chi connectivity index (χ0) is 32.6. The second-order valence-electron chi connectivity index (χ2n) is 12.1. The second kappa shape index (κ2) is 12.4. The Morgan fingerprint density at radius 2 is 0.796 bits per heavy atom. The Bertz CT molecular complexity index is 2590. The van der Waals surface area contributed by atoms with Crippen molar-refractivity contribution in [2.75, 3.05) is 0 Å². The van der Waals surface area contributed by atoms with Gasteiger partial charge in [0.1, 0.15) is 0 Å².